The maximum absolute atomic E-state index is 11.4. The van der Waals surface area contributed by atoms with Crippen LogP contribution in [0.4, 0.5) is 0 Å². The van der Waals surface area contributed by atoms with E-state index in [2.05, 4.69) is 12.6 Å². The van der Waals surface area contributed by atoms with Gasteiger partial charge in [-0.15, -0.1) is 0 Å². The van der Waals surface area contributed by atoms with E-state index in [-0.39, 0.29) is 5.97 Å². The molecule has 0 saturated heterocycles. The van der Waals surface area contributed by atoms with Crippen molar-refractivity contribution < 1.29 is 9.53 Å². The summed E-state index contributed by atoms with van der Waals surface area (Å²) in [6.07, 6.45) is 5.63. The molecule has 0 aliphatic carbocycles. The van der Waals surface area contributed by atoms with Crippen molar-refractivity contribution in [1.29, 1.82) is 0 Å². The van der Waals surface area contributed by atoms with Crippen molar-refractivity contribution in [2.75, 3.05) is 6.61 Å². The van der Waals surface area contributed by atoms with Gasteiger partial charge in [0, 0.05) is 0 Å². The van der Waals surface area contributed by atoms with Crippen molar-refractivity contribution in [1.82, 2.24) is 0 Å². The van der Waals surface area contributed by atoms with Gasteiger partial charge in [-0.25, -0.2) is 0 Å². The third kappa shape index (κ3) is 4.51. The first-order chi connectivity index (χ1) is 6.44. The smallest absolute Gasteiger partial charge is 0.325 e. The lowest BCUT2D eigenvalue weighted by Crippen LogP contribution is -2.29. The number of esters is 1. The predicted octanol–water partition coefficient (Wildman–Crippen LogP) is 2.76. The molecule has 0 radical (unpaired) electrons. The van der Waals surface area contributed by atoms with Crippen LogP contribution in [0, 0.1) is 0 Å². The van der Waals surface area contributed by atoms with Crippen LogP contribution in [0.5, 0.6) is 0 Å². The maximum Gasteiger partial charge on any atom is 0.325 e. The van der Waals surface area contributed by atoms with Crippen LogP contribution in [-0.4, -0.2) is 17.3 Å². The molecule has 0 rings (SSSR count). The summed E-state index contributed by atoms with van der Waals surface area (Å²) in [6, 6.07) is 0. The fourth-order valence-corrected chi connectivity index (χ4v) is 1.36. The number of carbonyl (C=O) groups is 1. The molecule has 0 spiro atoms. The topological polar surface area (TPSA) is 26.3 Å². The molecule has 80 valence electrons. The third-order valence-electron chi connectivity index (χ3n) is 1.63. The number of ether oxygens (including phenoxy) is 1. The number of carbonyl (C=O) groups excluding carboxylic acids is 1. The van der Waals surface area contributed by atoms with Crippen molar-refractivity contribution in [2.45, 2.75) is 32.4 Å². The lowest BCUT2D eigenvalue weighted by molar-refractivity contribution is -0.144. The van der Waals surface area contributed by atoms with Crippen LogP contribution >= 0.6 is 12.6 Å². The molecule has 2 nitrogen and oxygen atoms in total. The standard InChI is InChI=1S/C11H18O2S/c1-5-7-9(3)8-11(4,14)10(12)13-6-2/h5,7-8,14H,6H2,1-4H3/b7-5+,9-8+/t11-/m1/s1. The zero-order chi connectivity index (χ0) is 11.2. The molecule has 1 atom stereocenters. The molecular weight excluding hydrogens is 196 g/mol. The number of rotatable bonds is 4. The monoisotopic (exact) mass is 214 g/mol. The molecule has 0 aromatic rings. The normalized spacial score (nSPS) is 16.8. The lowest BCUT2D eigenvalue weighted by Gasteiger charge is -2.17. The Kier molecular flexibility index (Phi) is 5.62. The Hall–Kier alpha value is -0.700. The molecule has 0 fully saturated rings. The third-order valence-corrected chi connectivity index (χ3v) is 1.94. The van der Waals surface area contributed by atoms with Crippen LogP contribution in [0.2, 0.25) is 0 Å². The molecule has 0 heterocycles. The summed E-state index contributed by atoms with van der Waals surface area (Å²) in [5, 5.41) is 0. The van der Waals surface area contributed by atoms with Gasteiger partial charge in [-0.05, 0) is 27.7 Å². The predicted molar refractivity (Wildman–Crippen MR) is 62.6 cm³/mol. The van der Waals surface area contributed by atoms with Crippen LogP contribution in [0.3, 0.4) is 0 Å². The molecular formula is C11H18O2S. The van der Waals surface area contributed by atoms with Crippen LogP contribution < -0.4 is 0 Å². The summed E-state index contributed by atoms with van der Waals surface area (Å²) in [5.41, 5.74) is 0.998. The van der Waals surface area contributed by atoms with E-state index in [1.807, 2.05) is 26.0 Å². The number of thiol groups is 1. The van der Waals surface area contributed by atoms with Gasteiger partial charge in [0.15, 0.2) is 0 Å². The maximum atomic E-state index is 11.4. The molecule has 0 aromatic heterocycles. The number of allylic oxidation sites excluding steroid dienone is 3. The zero-order valence-electron chi connectivity index (χ0n) is 9.20. The Morgan fingerprint density at radius 2 is 2.14 bits per heavy atom. The van der Waals surface area contributed by atoms with Crippen LogP contribution in [-0.2, 0) is 9.53 Å². The first-order valence-corrected chi connectivity index (χ1v) is 5.10. The minimum absolute atomic E-state index is 0.313. The van der Waals surface area contributed by atoms with E-state index in [4.69, 9.17) is 4.74 Å². The summed E-state index contributed by atoms with van der Waals surface area (Å²) in [4.78, 5) is 11.4. The van der Waals surface area contributed by atoms with Gasteiger partial charge in [0.2, 0.25) is 0 Å². The summed E-state index contributed by atoms with van der Waals surface area (Å²) in [7, 11) is 0. The van der Waals surface area contributed by atoms with Crippen LogP contribution in [0.15, 0.2) is 23.8 Å². The highest BCUT2D eigenvalue weighted by atomic mass is 32.1. The molecule has 0 aromatic carbocycles. The Morgan fingerprint density at radius 3 is 2.57 bits per heavy atom. The first-order valence-electron chi connectivity index (χ1n) is 4.65. The molecule has 0 amide bonds. The van der Waals surface area contributed by atoms with E-state index < -0.39 is 4.75 Å². The van der Waals surface area contributed by atoms with Gasteiger partial charge in [-0.3, -0.25) is 4.79 Å². The van der Waals surface area contributed by atoms with Gasteiger partial charge in [0.1, 0.15) is 4.75 Å². The van der Waals surface area contributed by atoms with Gasteiger partial charge in [0.05, 0.1) is 6.61 Å². The molecule has 3 heteroatoms. The highest BCUT2D eigenvalue weighted by molar-refractivity contribution is 7.83. The van der Waals surface area contributed by atoms with Gasteiger partial charge in [-0.2, -0.15) is 12.6 Å². The van der Waals surface area contributed by atoms with Crippen molar-refractivity contribution in [3.05, 3.63) is 23.8 Å². The fraction of sp³-hybridized carbons (Fsp3) is 0.545. The van der Waals surface area contributed by atoms with E-state index in [0.29, 0.717) is 6.61 Å². The molecule has 0 unspecified atom stereocenters. The van der Waals surface area contributed by atoms with Crippen LogP contribution in [0.1, 0.15) is 27.7 Å². The van der Waals surface area contributed by atoms with Crippen molar-refractivity contribution in [3.8, 4) is 0 Å². The van der Waals surface area contributed by atoms with Gasteiger partial charge in [0.25, 0.3) is 0 Å². The van der Waals surface area contributed by atoms with Gasteiger partial charge < -0.3 is 4.74 Å². The minimum Gasteiger partial charge on any atom is -0.465 e. The Morgan fingerprint density at radius 1 is 1.57 bits per heavy atom. The van der Waals surface area contributed by atoms with E-state index >= 15 is 0 Å². The Labute approximate surface area is 91.4 Å². The van der Waals surface area contributed by atoms with Gasteiger partial charge in [-0.1, -0.05) is 23.8 Å². The highest BCUT2D eigenvalue weighted by Gasteiger charge is 2.27. The second-order valence-corrected chi connectivity index (χ2v) is 4.19. The Balaban J connectivity index is 4.61. The van der Waals surface area contributed by atoms with E-state index in [0.717, 1.165) is 5.57 Å². The van der Waals surface area contributed by atoms with E-state index in [1.165, 1.54) is 0 Å². The number of hydrogen-bond acceptors (Lipinski definition) is 3. The largest absolute Gasteiger partial charge is 0.465 e. The molecule has 14 heavy (non-hydrogen) atoms. The van der Waals surface area contributed by atoms with Crippen molar-refractivity contribution in [2.24, 2.45) is 0 Å². The van der Waals surface area contributed by atoms with Crippen molar-refractivity contribution >= 4 is 18.6 Å². The minimum atomic E-state index is -0.848. The van der Waals surface area contributed by atoms with Gasteiger partial charge >= 0.3 is 5.97 Å². The number of hydrogen-bond donors (Lipinski definition) is 1. The second-order valence-electron chi connectivity index (χ2n) is 3.26. The molecule has 0 N–H and O–H groups in total. The highest BCUT2D eigenvalue weighted by Crippen LogP contribution is 2.20. The molecule has 0 aliphatic heterocycles. The quantitative estimate of drug-likeness (QED) is 0.442. The van der Waals surface area contributed by atoms with Crippen LogP contribution in [0.25, 0.3) is 0 Å². The summed E-state index contributed by atoms with van der Waals surface area (Å²) in [5.74, 6) is -0.313. The fourth-order valence-electron chi connectivity index (χ4n) is 1.09. The van der Waals surface area contributed by atoms with Crippen molar-refractivity contribution in [3.63, 3.8) is 0 Å². The van der Waals surface area contributed by atoms with E-state index in [1.54, 1.807) is 19.9 Å². The zero-order valence-corrected chi connectivity index (χ0v) is 10.1. The second kappa shape index (κ2) is 5.91. The average molecular weight is 214 g/mol. The first kappa shape index (κ1) is 13.3. The van der Waals surface area contributed by atoms with E-state index in [9.17, 15) is 4.79 Å². The average Bonchev–Trinajstić information content (AvgIpc) is 2.03. The molecule has 0 aliphatic rings. The lowest BCUT2D eigenvalue weighted by atomic mass is 10.1. The molecule has 0 bridgehead atoms. The SMILES string of the molecule is C/C=C/C(C)=C/[C@@](C)(S)C(=O)OCC. The summed E-state index contributed by atoms with van der Waals surface area (Å²) in [6.45, 7) is 7.74. The summed E-state index contributed by atoms with van der Waals surface area (Å²) < 4.78 is 4.05. The Bertz CT molecular complexity index is 252. The summed E-state index contributed by atoms with van der Waals surface area (Å²) >= 11 is 4.26. The molecule has 0 saturated carbocycles.